The number of benzene rings is 2. The van der Waals surface area contributed by atoms with E-state index in [4.69, 9.17) is 4.99 Å². The zero-order chi connectivity index (χ0) is 13.1. The molecule has 0 unspecified atom stereocenters. The van der Waals surface area contributed by atoms with E-state index in [1.807, 2.05) is 0 Å². The molecule has 0 bridgehead atoms. The van der Waals surface area contributed by atoms with E-state index in [-0.39, 0.29) is 0 Å². The van der Waals surface area contributed by atoms with Crippen LogP contribution in [0.25, 0.3) is 0 Å². The number of aryl methyl sites for hydroxylation is 2. The first-order chi connectivity index (χ1) is 9.31. The molecule has 0 aromatic heterocycles. The first-order valence-corrected chi connectivity index (χ1v) is 6.80. The van der Waals surface area contributed by atoms with Gasteiger partial charge in [0.25, 0.3) is 0 Å². The number of hydrogen-bond donors (Lipinski definition) is 1. The topological polar surface area (TPSA) is 24.4 Å². The summed E-state index contributed by atoms with van der Waals surface area (Å²) in [6.07, 6.45) is 3.26. The number of hydrogen-bond acceptors (Lipinski definition) is 2. The van der Waals surface area contributed by atoms with E-state index < -0.39 is 0 Å². The van der Waals surface area contributed by atoms with Crippen molar-refractivity contribution in [2.24, 2.45) is 4.99 Å². The summed E-state index contributed by atoms with van der Waals surface area (Å²) < 4.78 is 0. The fraction of sp³-hybridized carbons (Fsp3) is 0.235. The van der Waals surface area contributed by atoms with Crippen molar-refractivity contribution < 1.29 is 0 Å². The third-order valence-corrected chi connectivity index (χ3v) is 3.45. The van der Waals surface area contributed by atoms with Gasteiger partial charge in [0.05, 0.1) is 5.69 Å². The number of nitrogens with one attached hydrogen (secondary N) is 1. The minimum absolute atomic E-state index is 1.00. The average molecular weight is 250 g/mol. The van der Waals surface area contributed by atoms with Gasteiger partial charge >= 0.3 is 0 Å². The van der Waals surface area contributed by atoms with Crippen LogP contribution in [0.1, 0.15) is 24.0 Å². The minimum Gasteiger partial charge on any atom is -0.344 e. The maximum absolute atomic E-state index is 4.76. The molecule has 0 spiro atoms. The fourth-order valence-electron chi connectivity index (χ4n) is 2.37. The van der Waals surface area contributed by atoms with E-state index in [0.29, 0.717) is 0 Å². The van der Waals surface area contributed by atoms with Gasteiger partial charge in [0.2, 0.25) is 0 Å². The molecule has 2 nitrogen and oxygen atoms in total. The predicted molar refractivity (Wildman–Crippen MR) is 81.3 cm³/mol. The van der Waals surface area contributed by atoms with Gasteiger partial charge in [-0.25, -0.2) is 4.99 Å². The summed E-state index contributed by atoms with van der Waals surface area (Å²) in [4.78, 5) is 4.76. The van der Waals surface area contributed by atoms with E-state index in [1.54, 1.807) is 0 Å². The number of anilines is 1. The molecule has 1 aliphatic heterocycles. The molecule has 0 amide bonds. The Kier molecular flexibility index (Phi) is 3.32. The van der Waals surface area contributed by atoms with Crippen molar-refractivity contribution >= 4 is 17.2 Å². The largest absolute Gasteiger partial charge is 0.344 e. The highest BCUT2D eigenvalue weighted by atomic mass is 15.0. The second-order valence-corrected chi connectivity index (χ2v) is 5.03. The van der Waals surface area contributed by atoms with Gasteiger partial charge < -0.3 is 5.32 Å². The Balaban J connectivity index is 1.85. The van der Waals surface area contributed by atoms with Gasteiger partial charge in [0.1, 0.15) is 5.84 Å². The van der Waals surface area contributed by atoms with Crippen molar-refractivity contribution in [1.82, 2.24) is 0 Å². The number of aliphatic imine (C=N–C) groups is 1. The summed E-state index contributed by atoms with van der Waals surface area (Å²) in [5.74, 6) is 1.06. The standard InChI is InChI=1S/C17H18N2/c1-13-9-11-15(12-10-13)18-17-8-4-6-14-5-2-3-7-16(14)19-17/h2-3,5,7,9-12H,4,6,8H2,1H3,(H,18,19). The van der Waals surface area contributed by atoms with Crippen molar-refractivity contribution in [1.29, 1.82) is 0 Å². The molecule has 0 atom stereocenters. The maximum Gasteiger partial charge on any atom is 0.107 e. The Morgan fingerprint density at radius 1 is 0.947 bits per heavy atom. The Morgan fingerprint density at radius 3 is 2.58 bits per heavy atom. The molecule has 1 aliphatic rings. The Morgan fingerprint density at radius 2 is 1.74 bits per heavy atom. The molecule has 19 heavy (non-hydrogen) atoms. The van der Waals surface area contributed by atoms with Crippen LogP contribution < -0.4 is 5.32 Å². The molecule has 0 aliphatic carbocycles. The van der Waals surface area contributed by atoms with E-state index >= 15 is 0 Å². The highest BCUT2D eigenvalue weighted by molar-refractivity contribution is 5.97. The number of fused-ring (bicyclic) bond motifs is 1. The summed E-state index contributed by atoms with van der Waals surface area (Å²) in [7, 11) is 0. The average Bonchev–Trinajstić information content (AvgIpc) is 2.63. The lowest BCUT2D eigenvalue weighted by Gasteiger charge is -2.08. The third kappa shape index (κ3) is 2.84. The van der Waals surface area contributed by atoms with Crippen LogP contribution >= 0.6 is 0 Å². The van der Waals surface area contributed by atoms with Crippen molar-refractivity contribution in [3.05, 3.63) is 59.7 Å². The van der Waals surface area contributed by atoms with Gasteiger partial charge in [-0.15, -0.1) is 0 Å². The second-order valence-electron chi connectivity index (χ2n) is 5.03. The Bertz CT molecular complexity index is 597. The van der Waals surface area contributed by atoms with Crippen LogP contribution in [0.2, 0.25) is 0 Å². The molecule has 0 saturated carbocycles. The molecule has 2 aromatic rings. The Hall–Kier alpha value is -2.09. The molecule has 2 heteroatoms. The van der Waals surface area contributed by atoms with E-state index in [0.717, 1.165) is 36.5 Å². The summed E-state index contributed by atoms with van der Waals surface area (Å²) in [5.41, 5.74) is 4.85. The van der Waals surface area contributed by atoms with E-state index in [2.05, 4.69) is 60.8 Å². The minimum atomic E-state index is 1.00. The second kappa shape index (κ2) is 5.27. The molecular formula is C17H18N2. The smallest absolute Gasteiger partial charge is 0.107 e. The van der Waals surface area contributed by atoms with Gasteiger partial charge in [-0.05, 0) is 43.5 Å². The monoisotopic (exact) mass is 250 g/mol. The highest BCUT2D eigenvalue weighted by Crippen LogP contribution is 2.25. The summed E-state index contributed by atoms with van der Waals surface area (Å²) in [6.45, 7) is 2.10. The lowest BCUT2D eigenvalue weighted by molar-refractivity contribution is 0.877. The third-order valence-electron chi connectivity index (χ3n) is 3.45. The van der Waals surface area contributed by atoms with Gasteiger partial charge in [-0.3, -0.25) is 0 Å². The molecule has 96 valence electrons. The van der Waals surface area contributed by atoms with E-state index in [1.165, 1.54) is 11.1 Å². The quantitative estimate of drug-likeness (QED) is 0.793. The molecule has 1 N–H and O–H groups in total. The zero-order valence-electron chi connectivity index (χ0n) is 11.2. The predicted octanol–water partition coefficient (Wildman–Crippen LogP) is 4.47. The first-order valence-electron chi connectivity index (χ1n) is 6.80. The lowest BCUT2D eigenvalue weighted by atomic mass is 10.1. The van der Waals surface area contributed by atoms with Gasteiger partial charge in [0, 0.05) is 12.1 Å². The van der Waals surface area contributed by atoms with Crippen molar-refractivity contribution in [2.45, 2.75) is 26.2 Å². The summed E-state index contributed by atoms with van der Waals surface area (Å²) >= 11 is 0. The molecule has 2 aromatic carbocycles. The van der Waals surface area contributed by atoms with Crippen LogP contribution in [-0.4, -0.2) is 5.84 Å². The number of amidine groups is 1. The van der Waals surface area contributed by atoms with Crippen molar-refractivity contribution in [2.75, 3.05) is 5.32 Å². The SMILES string of the molecule is Cc1ccc(NC2=Nc3ccccc3CCC2)cc1. The number of para-hydroxylation sites is 1. The van der Waals surface area contributed by atoms with Crippen LogP contribution in [0.15, 0.2) is 53.5 Å². The summed E-state index contributed by atoms with van der Waals surface area (Å²) in [6, 6.07) is 16.9. The van der Waals surface area contributed by atoms with Crippen LogP contribution in [0.3, 0.4) is 0 Å². The van der Waals surface area contributed by atoms with Crippen molar-refractivity contribution in [3.8, 4) is 0 Å². The molecule has 1 heterocycles. The zero-order valence-corrected chi connectivity index (χ0v) is 11.2. The van der Waals surface area contributed by atoms with Gasteiger partial charge in [-0.2, -0.15) is 0 Å². The lowest BCUT2D eigenvalue weighted by Crippen LogP contribution is -2.10. The van der Waals surface area contributed by atoms with Gasteiger partial charge in [-0.1, -0.05) is 35.9 Å². The van der Waals surface area contributed by atoms with Gasteiger partial charge in [0.15, 0.2) is 0 Å². The molecule has 3 rings (SSSR count). The van der Waals surface area contributed by atoms with Crippen LogP contribution in [-0.2, 0) is 6.42 Å². The number of rotatable bonds is 1. The fourth-order valence-corrected chi connectivity index (χ4v) is 2.37. The Labute approximate surface area is 114 Å². The molecule has 0 saturated heterocycles. The number of nitrogens with zero attached hydrogens (tertiary/aromatic N) is 1. The molecule has 0 radical (unpaired) electrons. The van der Waals surface area contributed by atoms with Crippen LogP contribution in [0.5, 0.6) is 0 Å². The highest BCUT2D eigenvalue weighted by Gasteiger charge is 2.09. The molecule has 0 fully saturated rings. The molecular weight excluding hydrogens is 232 g/mol. The summed E-state index contributed by atoms with van der Waals surface area (Å²) in [5, 5.41) is 3.44. The first kappa shape index (κ1) is 12.0. The van der Waals surface area contributed by atoms with Crippen LogP contribution in [0.4, 0.5) is 11.4 Å². The van der Waals surface area contributed by atoms with Crippen LogP contribution in [0, 0.1) is 6.92 Å². The normalized spacial score (nSPS) is 14.3. The van der Waals surface area contributed by atoms with Crippen molar-refractivity contribution in [3.63, 3.8) is 0 Å². The maximum atomic E-state index is 4.76. The van der Waals surface area contributed by atoms with E-state index in [9.17, 15) is 0 Å².